The number of fused-ring (bicyclic) bond motifs is 1. The molecule has 1 heterocycles. The quantitative estimate of drug-likeness (QED) is 0.557. The molecule has 0 fully saturated rings. The van der Waals surface area contributed by atoms with Crippen LogP contribution in [0.15, 0.2) is 64.3 Å². The molecule has 0 amide bonds. The number of para-hydroxylation sites is 1. The van der Waals surface area contributed by atoms with Crippen molar-refractivity contribution < 1.29 is 14.3 Å². The lowest BCUT2D eigenvalue weighted by Crippen LogP contribution is -2.28. The van der Waals surface area contributed by atoms with Gasteiger partial charge in [-0.05, 0) is 30.7 Å². The molecule has 7 heteroatoms. The van der Waals surface area contributed by atoms with E-state index in [4.69, 9.17) is 27.9 Å². The minimum atomic E-state index is -0.574. The van der Waals surface area contributed by atoms with E-state index in [1.165, 1.54) is 0 Å². The predicted octanol–water partition coefficient (Wildman–Crippen LogP) is 4.83. The molecular weight excluding hydrogens is 423 g/mol. The molecule has 152 valence electrons. The van der Waals surface area contributed by atoms with Crippen LogP contribution in [-0.2, 0) is 16.1 Å². The number of Topliss-reactive ketones (excluding diaryl/α,β-unsaturated/α-hetero) is 2. The number of ketones is 2. The van der Waals surface area contributed by atoms with Crippen LogP contribution < -0.4 is 10.1 Å². The zero-order valence-electron chi connectivity index (χ0n) is 16.3. The number of aryl methyl sites for hydroxylation is 1. The third-order valence-electron chi connectivity index (χ3n) is 5.06. The molecule has 0 atom stereocenters. The summed E-state index contributed by atoms with van der Waals surface area (Å²) in [7, 11) is 1.59. The van der Waals surface area contributed by atoms with Crippen molar-refractivity contribution in [3.8, 4) is 5.75 Å². The summed E-state index contributed by atoms with van der Waals surface area (Å²) in [6.07, 6.45) is 0. The number of H-pyrrole nitrogens is 1. The Bertz CT molecular complexity index is 1240. The molecule has 3 aromatic rings. The number of hydrogen-bond acceptors (Lipinski definition) is 4. The Morgan fingerprint density at radius 3 is 2.37 bits per heavy atom. The Balaban J connectivity index is 1.70. The van der Waals surface area contributed by atoms with Gasteiger partial charge in [0.25, 0.3) is 0 Å². The SMILES string of the molecule is COc1ccc(CNC2=C(Cl)C(=O)C(Cl)=C(c3c(C)[nH]c4ccccc34)C2=O)cc1. The molecule has 0 saturated heterocycles. The number of hydrogen-bond donors (Lipinski definition) is 2. The second kappa shape index (κ2) is 8.01. The van der Waals surface area contributed by atoms with Crippen LogP contribution in [0.2, 0.25) is 0 Å². The first-order valence-electron chi connectivity index (χ1n) is 9.25. The zero-order chi connectivity index (χ0) is 21.4. The van der Waals surface area contributed by atoms with Gasteiger partial charge in [0.15, 0.2) is 0 Å². The smallest absolute Gasteiger partial charge is 0.218 e. The highest BCUT2D eigenvalue weighted by molar-refractivity contribution is 6.63. The normalized spacial score (nSPS) is 14.7. The number of allylic oxidation sites excluding steroid dienone is 3. The molecule has 0 spiro atoms. The van der Waals surface area contributed by atoms with Crippen LogP contribution in [0.5, 0.6) is 5.75 Å². The van der Waals surface area contributed by atoms with Crippen molar-refractivity contribution in [2.24, 2.45) is 0 Å². The van der Waals surface area contributed by atoms with Crippen LogP contribution in [-0.4, -0.2) is 23.7 Å². The summed E-state index contributed by atoms with van der Waals surface area (Å²) in [5.41, 5.74) is 3.31. The molecule has 4 rings (SSSR count). The molecule has 1 aromatic heterocycles. The fourth-order valence-electron chi connectivity index (χ4n) is 3.56. The standard InChI is InChI=1S/C23H18Cl2N2O3/c1-12-17(15-5-3-4-6-16(15)27-12)18-19(24)23(29)20(25)21(22(18)28)26-11-13-7-9-14(30-2)10-8-13/h3-10,26-27H,11H2,1-2H3. The largest absolute Gasteiger partial charge is 0.497 e. The van der Waals surface area contributed by atoms with E-state index in [0.717, 1.165) is 27.9 Å². The van der Waals surface area contributed by atoms with Crippen molar-refractivity contribution in [2.45, 2.75) is 13.5 Å². The fraction of sp³-hybridized carbons (Fsp3) is 0.130. The number of nitrogens with one attached hydrogen (secondary N) is 2. The van der Waals surface area contributed by atoms with E-state index in [-0.39, 0.29) is 21.3 Å². The van der Waals surface area contributed by atoms with Crippen LogP contribution in [0, 0.1) is 6.92 Å². The van der Waals surface area contributed by atoms with Crippen LogP contribution in [0.25, 0.3) is 16.5 Å². The fourth-order valence-corrected chi connectivity index (χ4v) is 4.13. The molecule has 2 aromatic carbocycles. The average Bonchev–Trinajstić information content (AvgIpc) is 3.08. The summed E-state index contributed by atoms with van der Waals surface area (Å²) in [5, 5.41) is 3.45. The van der Waals surface area contributed by atoms with Crippen LogP contribution in [0.3, 0.4) is 0 Å². The van der Waals surface area contributed by atoms with E-state index < -0.39 is 11.6 Å². The van der Waals surface area contributed by atoms with Gasteiger partial charge in [-0.2, -0.15) is 0 Å². The van der Waals surface area contributed by atoms with E-state index in [0.29, 0.717) is 12.1 Å². The van der Waals surface area contributed by atoms with Gasteiger partial charge in [0.2, 0.25) is 11.6 Å². The van der Waals surface area contributed by atoms with Gasteiger partial charge in [-0.15, -0.1) is 0 Å². The number of carbonyl (C=O) groups is 2. The molecule has 1 aliphatic carbocycles. The van der Waals surface area contributed by atoms with E-state index in [1.807, 2.05) is 55.5 Å². The molecule has 0 unspecified atom stereocenters. The first-order valence-corrected chi connectivity index (χ1v) is 10.0. The second-order valence-electron chi connectivity index (χ2n) is 6.91. The maximum atomic E-state index is 13.4. The number of rotatable bonds is 5. The third-order valence-corrected chi connectivity index (χ3v) is 5.78. The second-order valence-corrected chi connectivity index (χ2v) is 7.66. The van der Waals surface area contributed by atoms with Gasteiger partial charge in [-0.3, -0.25) is 9.59 Å². The Hall–Kier alpha value is -3.02. The topological polar surface area (TPSA) is 71.2 Å². The highest BCUT2D eigenvalue weighted by atomic mass is 35.5. The van der Waals surface area contributed by atoms with Crippen LogP contribution in [0.1, 0.15) is 16.8 Å². The third kappa shape index (κ3) is 3.40. The molecule has 0 saturated carbocycles. The van der Waals surface area contributed by atoms with Gasteiger partial charge >= 0.3 is 0 Å². The Labute approximate surface area is 183 Å². The van der Waals surface area contributed by atoms with E-state index in [1.54, 1.807) is 7.11 Å². The molecule has 5 nitrogen and oxygen atoms in total. The van der Waals surface area contributed by atoms with E-state index in [9.17, 15) is 9.59 Å². The lowest BCUT2D eigenvalue weighted by Gasteiger charge is -2.20. The van der Waals surface area contributed by atoms with Crippen molar-refractivity contribution in [3.05, 3.63) is 81.1 Å². The van der Waals surface area contributed by atoms with E-state index in [2.05, 4.69) is 10.3 Å². The lowest BCUT2D eigenvalue weighted by atomic mass is 9.91. The van der Waals surface area contributed by atoms with E-state index >= 15 is 0 Å². The number of halogens is 2. The first kappa shape index (κ1) is 20.3. The Morgan fingerprint density at radius 1 is 0.967 bits per heavy atom. The highest BCUT2D eigenvalue weighted by Crippen LogP contribution is 2.38. The minimum absolute atomic E-state index is 0.0431. The number of carbonyl (C=O) groups excluding carboxylic acids is 2. The van der Waals surface area contributed by atoms with Crippen molar-refractivity contribution in [2.75, 3.05) is 7.11 Å². The number of methoxy groups -OCH3 is 1. The molecule has 0 aliphatic heterocycles. The number of benzene rings is 2. The summed E-state index contributed by atoms with van der Waals surface area (Å²) in [5.74, 6) is -0.257. The molecule has 2 N–H and O–H groups in total. The summed E-state index contributed by atoms with van der Waals surface area (Å²) in [4.78, 5) is 29.3. The molecule has 30 heavy (non-hydrogen) atoms. The molecule has 1 aliphatic rings. The van der Waals surface area contributed by atoms with Crippen molar-refractivity contribution >= 4 is 51.2 Å². The summed E-state index contributed by atoms with van der Waals surface area (Å²) in [6.45, 7) is 2.15. The molecule has 0 radical (unpaired) electrons. The molecular formula is C23H18Cl2N2O3. The minimum Gasteiger partial charge on any atom is -0.497 e. The van der Waals surface area contributed by atoms with Gasteiger partial charge < -0.3 is 15.0 Å². The summed E-state index contributed by atoms with van der Waals surface area (Å²) in [6, 6.07) is 14.9. The highest BCUT2D eigenvalue weighted by Gasteiger charge is 2.35. The van der Waals surface area contributed by atoms with Crippen LogP contribution in [0.4, 0.5) is 0 Å². The van der Waals surface area contributed by atoms with Gasteiger partial charge in [0.1, 0.15) is 21.5 Å². The van der Waals surface area contributed by atoms with Crippen molar-refractivity contribution in [1.29, 1.82) is 0 Å². The van der Waals surface area contributed by atoms with Crippen molar-refractivity contribution in [3.63, 3.8) is 0 Å². The summed E-state index contributed by atoms with van der Waals surface area (Å²) >= 11 is 12.6. The van der Waals surface area contributed by atoms with Gasteiger partial charge in [-0.25, -0.2) is 0 Å². The van der Waals surface area contributed by atoms with Crippen molar-refractivity contribution in [1.82, 2.24) is 10.3 Å². The van der Waals surface area contributed by atoms with Gasteiger partial charge in [0.05, 0.1) is 12.7 Å². The maximum absolute atomic E-state index is 13.4. The number of ether oxygens (including phenoxy) is 1. The molecule has 0 bridgehead atoms. The zero-order valence-corrected chi connectivity index (χ0v) is 17.8. The van der Waals surface area contributed by atoms with Gasteiger partial charge in [0, 0.05) is 28.7 Å². The Kier molecular flexibility index (Phi) is 5.41. The number of aromatic amines is 1. The lowest BCUT2D eigenvalue weighted by molar-refractivity contribution is -0.114. The van der Waals surface area contributed by atoms with Crippen LogP contribution >= 0.6 is 23.2 Å². The summed E-state index contributed by atoms with van der Waals surface area (Å²) < 4.78 is 5.15. The maximum Gasteiger partial charge on any atom is 0.218 e. The monoisotopic (exact) mass is 440 g/mol. The van der Waals surface area contributed by atoms with Gasteiger partial charge in [-0.1, -0.05) is 53.5 Å². The number of aromatic nitrogens is 1. The Morgan fingerprint density at radius 2 is 1.67 bits per heavy atom. The predicted molar refractivity (Wildman–Crippen MR) is 119 cm³/mol. The average molecular weight is 441 g/mol. The first-order chi connectivity index (χ1) is 14.4.